The SMILES string of the molecule is CSc1cccc2sc(N(CCN3CCOCC3)C(=O)/C=C/c3ccccc3)nc12. The number of thiazole rings is 1. The topological polar surface area (TPSA) is 45.7 Å². The maximum absolute atomic E-state index is 13.2. The zero-order valence-electron chi connectivity index (χ0n) is 17.0. The molecule has 0 atom stereocenters. The Hall–Kier alpha value is -2.19. The molecule has 1 aliphatic rings. The molecule has 1 saturated heterocycles. The molecule has 0 unspecified atom stereocenters. The van der Waals surface area contributed by atoms with Gasteiger partial charge < -0.3 is 4.74 Å². The fourth-order valence-electron chi connectivity index (χ4n) is 3.38. The third kappa shape index (κ3) is 5.10. The molecule has 0 aliphatic carbocycles. The van der Waals surface area contributed by atoms with Gasteiger partial charge in [0.05, 0.1) is 23.4 Å². The normalized spacial score (nSPS) is 15.1. The van der Waals surface area contributed by atoms with E-state index < -0.39 is 0 Å². The highest BCUT2D eigenvalue weighted by molar-refractivity contribution is 7.98. The first-order valence-electron chi connectivity index (χ1n) is 10.0. The van der Waals surface area contributed by atoms with Gasteiger partial charge in [-0.2, -0.15) is 0 Å². The van der Waals surface area contributed by atoms with Gasteiger partial charge in [-0.05, 0) is 30.0 Å². The van der Waals surface area contributed by atoms with E-state index in [4.69, 9.17) is 9.72 Å². The maximum atomic E-state index is 13.2. The third-order valence-electron chi connectivity index (χ3n) is 5.05. The van der Waals surface area contributed by atoms with Gasteiger partial charge in [-0.15, -0.1) is 11.8 Å². The van der Waals surface area contributed by atoms with E-state index in [1.807, 2.05) is 47.4 Å². The highest BCUT2D eigenvalue weighted by Gasteiger charge is 2.20. The number of benzene rings is 2. The Morgan fingerprint density at radius 1 is 1.20 bits per heavy atom. The molecule has 1 fully saturated rings. The van der Waals surface area contributed by atoms with Crippen LogP contribution in [0.4, 0.5) is 5.13 Å². The lowest BCUT2D eigenvalue weighted by Crippen LogP contribution is -2.42. The summed E-state index contributed by atoms with van der Waals surface area (Å²) in [5.74, 6) is -0.0446. The summed E-state index contributed by atoms with van der Waals surface area (Å²) >= 11 is 3.26. The third-order valence-corrected chi connectivity index (χ3v) is 6.86. The van der Waals surface area contributed by atoms with Crippen LogP contribution in [0.3, 0.4) is 0 Å². The van der Waals surface area contributed by atoms with Crippen molar-refractivity contribution in [3.63, 3.8) is 0 Å². The van der Waals surface area contributed by atoms with Crippen LogP contribution < -0.4 is 4.90 Å². The van der Waals surface area contributed by atoms with E-state index in [0.29, 0.717) is 6.54 Å². The Morgan fingerprint density at radius 2 is 2.00 bits per heavy atom. The molecule has 2 aromatic carbocycles. The predicted octanol–water partition coefficient (Wildman–Crippen LogP) is 4.40. The summed E-state index contributed by atoms with van der Waals surface area (Å²) in [4.78, 5) is 23.3. The average Bonchev–Trinajstić information content (AvgIpc) is 3.23. The zero-order valence-corrected chi connectivity index (χ0v) is 18.6. The van der Waals surface area contributed by atoms with E-state index in [2.05, 4.69) is 23.3 Å². The van der Waals surface area contributed by atoms with Gasteiger partial charge in [0.2, 0.25) is 0 Å². The van der Waals surface area contributed by atoms with Crippen molar-refractivity contribution in [1.82, 2.24) is 9.88 Å². The van der Waals surface area contributed by atoms with Gasteiger partial charge in [0.25, 0.3) is 5.91 Å². The fourth-order valence-corrected chi connectivity index (χ4v) is 5.03. The van der Waals surface area contributed by atoms with Crippen molar-refractivity contribution in [3.8, 4) is 0 Å². The van der Waals surface area contributed by atoms with Crippen LogP contribution in [0, 0.1) is 0 Å². The van der Waals surface area contributed by atoms with E-state index in [1.54, 1.807) is 29.2 Å². The van der Waals surface area contributed by atoms with Crippen molar-refractivity contribution in [2.24, 2.45) is 0 Å². The van der Waals surface area contributed by atoms with Gasteiger partial charge in [-0.1, -0.05) is 47.7 Å². The first-order chi connectivity index (χ1) is 14.7. The second-order valence-corrected chi connectivity index (χ2v) is 8.85. The van der Waals surface area contributed by atoms with Crippen LogP contribution in [-0.4, -0.2) is 61.4 Å². The molecule has 1 aliphatic heterocycles. The molecule has 0 spiro atoms. The Morgan fingerprint density at radius 3 is 2.77 bits per heavy atom. The predicted molar refractivity (Wildman–Crippen MR) is 126 cm³/mol. The lowest BCUT2D eigenvalue weighted by Gasteiger charge is -2.28. The van der Waals surface area contributed by atoms with Gasteiger partial charge in [0, 0.05) is 37.2 Å². The molecule has 3 aromatic rings. The molecule has 2 heterocycles. The summed E-state index contributed by atoms with van der Waals surface area (Å²) in [7, 11) is 0. The van der Waals surface area contributed by atoms with Crippen LogP contribution in [-0.2, 0) is 9.53 Å². The molecule has 156 valence electrons. The standard InChI is InChI=1S/C23H25N3O2S2/c1-29-19-8-5-9-20-22(19)24-23(30-20)26(13-12-25-14-16-28-17-15-25)21(27)11-10-18-6-3-2-4-7-18/h2-11H,12-17H2,1H3/b11-10+. The second-order valence-electron chi connectivity index (χ2n) is 6.99. The zero-order chi connectivity index (χ0) is 20.8. The van der Waals surface area contributed by atoms with Gasteiger partial charge in [0.15, 0.2) is 5.13 Å². The van der Waals surface area contributed by atoms with E-state index in [9.17, 15) is 4.79 Å². The summed E-state index contributed by atoms with van der Waals surface area (Å²) < 4.78 is 6.55. The molecule has 0 bridgehead atoms. The number of rotatable bonds is 7. The van der Waals surface area contributed by atoms with Crippen molar-refractivity contribution in [3.05, 3.63) is 60.2 Å². The van der Waals surface area contributed by atoms with Crippen molar-refractivity contribution >= 4 is 50.4 Å². The summed E-state index contributed by atoms with van der Waals surface area (Å²) in [6.07, 6.45) is 5.57. The Balaban J connectivity index is 1.59. The van der Waals surface area contributed by atoms with Crippen molar-refractivity contribution in [2.45, 2.75) is 4.90 Å². The first kappa shape index (κ1) is 21.1. The minimum Gasteiger partial charge on any atom is -0.379 e. The largest absolute Gasteiger partial charge is 0.379 e. The van der Waals surface area contributed by atoms with Crippen LogP contribution >= 0.6 is 23.1 Å². The van der Waals surface area contributed by atoms with Crippen molar-refractivity contribution in [1.29, 1.82) is 0 Å². The smallest absolute Gasteiger partial charge is 0.252 e. The summed E-state index contributed by atoms with van der Waals surface area (Å²) in [6, 6.07) is 16.1. The number of morpholine rings is 1. The summed E-state index contributed by atoms with van der Waals surface area (Å²) in [5, 5.41) is 0.752. The molecule has 7 heteroatoms. The first-order valence-corrected chi connectivity index (χ1v) is 12.1. The van der Waals surface area contributed by atoms with Gasteiger partial charge in [-0.3, -0.25) is 14.6 Å². The Labute approximate surface area is 185 Å². The molecule has 1 aromatic heterocycles. The number of para-hydroxylation sites is 1. The van der Waals surface area contributed by atoms with Crippen LogP contribution in [0.15, 0.2) is 59.5 Å². The van der Waals surface area contributed by atoms with Crippen LogP contribution in [0.2, 0.25) is 0 Å². The minimum absolute atomic E-state index is 0.0446. The van der Waals surface area contributed by atoms with E-state index in [0.717, 1.165) is 58.7 Å². The Kier molecular flexibility index (Phi) is 7.17. The van der Waals surface area contributed by atoms with E-state index in [1.165, 1.54) is 0 Å². The highest BCUT2D eigenvalue weighted by atomic mass is 32.2. The lowest BCUT2D eigenvalue weighted by molar-refractivity contribution is -0.114. The van der Waals surface area contributed by atoms with Crippen molar-refractivity contribution in [2.75, 3.05) is 50.5 Å². The maximum Gasteiger partial charge on any atom is 0.252 e. The molecule has 0 N–H and O–H groups in total. The van der Waals surface area contributed by atoms with E-state index in [-0.39, 0.29) is 5.91 Å². The number of carbonyl (C=O) groups is 1. The molecule has 5 nitrogen and oxygen atoms in total. The minimum atomic E-state index is -0.0446. The molecule has 4 rings (SSSR count). The molecule has 0 radical (unpaired) electrons. The lowest BCUT2D eigenvalue weighted by atomic mass is 10.2. The number of ether oxygens (including phenoxy) is 1. The number of thioether (sulfide) groups is 1. The number of hydrogen-bond acceptors (Lipinski definition) is 6. The number of nitrogens with zero attached hydrogens (tertiary/aromatic N) is 3. The van der Waals surface area contributed by atoms with Crippen molar-refractivity contribution < 1.29 is 9.53 Å². The number of hydrogen-bond donors (Lipinski definition) is 0. The Bertz CT molecular complexity index is 1010. The molecular weight excluding hydrogens is 414 g/mol. The number of aromatic nitrogens is 1. The number of fused-ring (bicyclic) bond motifs is 1. The number of anilines is 1. The van der Waals surface area contributed by atoms with Gasteiger partial charge in [0.1, 0.15) is 0 Å². The second kappa shape index (κ2) is 10.2. The summed E-state index contributed by atoms with van der Waals surface area (Å²) in [5.41, 5.74) is 1.98. The number of carbonyl (C=O) groups excluding carboxylic acids is 1. The highest BCUT2D eigenvalue weighted by Crippen LogP contribution is 2.34. The van der Waals surface area contributed by atoms with Crippen LogP contribution in [0.1, 0.15) is 5.56 Å². The quantitative estimate of drug-likeness (QED) is 0.403. The van der Waals surface area contributed by atoms with Crippen LogP contribution in [0.5, 0.6) is 0 Å². The molecule has 30 heavy (non-hydrogen) atoms. The number of amides is 1. The molecule has 0 saturated carbocycles. The fraction of sp³-hybridized carbons (Fsp3) is 0.304. The monoisotopic (exact) mass is 439 g/mol. The molecular formula is C23H25N3O2S2. The average molecular weight is 440 g/mol. The molecule has 1 amide bonds. The summed E-state index contributed by atoms with van der Waals surface area (Å²) in [6.45, 7) is 4.71. The van der Waals surface area contributed by atoms with Gasteiger partial charge >= 0.3 is 0 Å². The van der Waals surface area contributed by atoms with Crippen LogP contribution in [0.25, 0.3) is 16.3 Å². The van der Waals surface area contributed by atoms with E-state index >= 15 is 0 Å². The van der Waals surface area contributed by atoms with Gasteiger partial charge in [-0.25, -0.2) is 4.98 Å².